The summed E-state index contributed by atoms with van der Waals surface area (Å²) in [5.41, 5.74) is 6.36. The lowest BCUT2D eigenvalue weighted by atomic mass is 10.3. The molecule has 18 heavy (non-hydrogen) atoms. The van der Waals surface area contributed by atoms with E-state index in [1.165, 1.54) is 29.0 Å². The Kier molecular flexibility index (Phi) is 2.05. The van der Waals surface area contributed by atoms with E-state index in [-0.39, 0.29) is 0 Å². The summed E-state index contributed by atoms with van der Waals surface area (Å²) in [7, 11) is 0. The summed E-state index contributed by atoms with van der Waals surface area (Å²) >= 11 is 3.03. The van der Waals surface area contributed by atoms with Crippen LogP contribution in [-0.2, 0) is 0 Å². The first kappa shape index (κ1) is 9.92. The molecule has 0 aromatic carbocycles. The summed E-state index contributed by atoms with van der Waals surface area (Å²) in [6.45, 7) is 0. The maximum absolute atomic E-state index is 4.28. The molecule has 4 aromatic heterocycles. The zero-order chi connectivity index (χ0) is 11.9. The average molecular weight is 272 g/mol. The van der Waals surface area contributed by atoms with E-state index in [4.69, 9.17) is 0 Å². The van der Waals surface area contributed by atoms with Gasteiger partial charge in [0, 0.05) is 0 Å². The van der Waals surface area contributed by atoms with Crippen LogP contribution in [-0.4, -0.2) is 30.1 Å². The van der Waals surface area contributed by atoms with Crippen molar-refractivity contribution in [3.63, 3.8) is 0 Å². The Morgan fingerprint density at radius 1 is 0.833 bits per heavy atom. The molecule has 0 amide bonds. The molecule has 0 atom stereocenters. The second-order valence-electron chi connectivity index (χ2n) is 3.50. The maximum atomic E-state index is 4.28. The van der Waals surface area contributed by atoms with Gasteiger partial charge in [0.2, 0.25) is 0 Å². The smallest absolute Gasteiger partial charge is 0.192 e. The number of thiazole rings is 2. The van der Waals surface area contributed by atoms with Crippen molar-refractivity contribution in [3.8, 4) is 11.4 Å². The van der Waals surface area contributed by atoms with Crippen LogP contribution in [0.2, 0.25) is 0 Å². The van der Waals surface area contributed by atoms with Crippen molar-refractivity contribution >= 4 is 43.4 Å². The summed E-state index contributed by atoms with van der Waals surface area (Å²) in [5.74, 6) is 0. The van der Waals surface area contributed by atoms with Gasteiger partial charge in [-0.3, -0.25) is 0 Å². The van der Waals surface area contributed by atoms with Gasteiger partial charge in [0.1, 0.15) is 22.4 Å². The molecule has 4 rings (SSSR count). The van der Waals surface area contributed by atoms with Crippen molar-refractivity contribution in [2.75, 3.05) is 0 Å². The van der Waals surface area contributed by atoms with Gasteiger partial charge in [-0.1, -0.05) is 0 Å². The highest BCUT2D eigenvalue weighted by molar-refractivity contribution is 7.17. The third-order valence-corrected chi connectivity index (χ3v) is 4.06. The molecule has 4 heterocycles. The van der Waals surface area contributed by atoms with Gasteiger partial charge in [0.25, 0.3) is 0 Å². The molecule has 0 aliphatic rings. The average Bonchev–Trinajstić information content (AvgIpc) is 3.05. The highest BCUT2D eigenvalue weighted by Gasteiger charge is 2.11. The van der Waals surface area contributed by atoms with Crippen molar-refractivity contribution in [1.29, 1.82) is 0 Å². The summed E-state index contributed by atoms with van der Waals surface area (Å²) < 4.78 is 1.92. The molecule has 86 valence electrons. The van der Waals surface area contributed by atoms with Crippen LogP contribution in [0.3, 0.4) is 0 Å². The van der Waals surface area contributed by atoms with Crippen LogP contribution in [0.1, 0.15) is 0 Å². The van der Waals surface area contributed by atoms with Crippen LogP contribution in [0, 0.1) is 0 Å². The third kappa shape index (κ3) is 1.39. The molecular formula is C10H4N6S2. The minimum atomic E-state index is 0.665. The molecule has 0 aliphatic carbocycles. The second-order valence-corrected chi connectivity index (χ2v) is 5.24. The minimum Gasteiger partial charge on any atom is -0.233 e. The summed E-state index contributed by atoms with van der Waals surface area (Å²) in [6.07, 6.45) is 1.50. The number of hydrogen-bond acceptors (Lipinski definition) is 8. The molecule has 6 nitrogen and oxygen atoms in total. The highest BCUT2D eigenvalue weighted by Crippen LogP contribution is 2.28. The molecular weight excluding hydrogens is 268 g/mol. The maximum Gasteiger partial charge on any atom is 0.192 e. The van der Waals surface area contributed by atoms with Crippen molar-refractivity contribution in [1.82, 2.24) is 30.1 Å². The number of rotatable bonds is 1. The van der Waals surface area contributed by atoms with Crippen LogP contribution in [0.25, 0.3) is 32.1 Å². The fourth-order valence-corrected chi connectivity index (χ4v) is 3.05. The van der Waals surface area contributed by atoms with Gasteiger partial charge < -0.3 is 0 Å². The Hall–Kier alpha value is -2.06. The lowest BCUT2D eigenvalue weighted by molar-refractivity contribution is 1.05. The molecule has 0 aliphatic heterocycles. The van der Waals surface area contributed by atoms with Gasteiger partial charge in [-0.15, -0.1) is 32.9 Å². The summed E-state index contributed by atoms with van der Waals surface area (Å²) in [4.78, 5) is 16.7. The number of fused-ring (bicyclic) bond motifs is 2. The van der Waals surface area contributed by atoms with Gasteiger partial charge >= 0.3 is 0 Å². The molecule has 0 N–H and O–H groups in total. The van der Waals surface area contributed by atoms with Crippen LogP contribution in [0.5, 0.6) is 0 Å². The molecule has 4 aromatic rings. The molecule has 0 unspecified atom stereocenters. The number of hydrogen-bond donors (Lipinski definition) is 0. The molecule has 8 heteroatoms. The number of nitrogens with zero attached hydrogens (tertiary/aromatic N) is 6. The standard InChI is InChI=1S/C10H4N6S2/c1-5(15-16-9-6(1)17-3-13-9)7-8-10(12-2-11-7)14-4-18-8/h1-4H. The summed E-state index contributed by atoms with van der Waals surface area (Å²) in [5, 5.41) is 8.24. The van der Waals surface area contributed by atoms with Gasteiger partial charge in [-0.2, -0.15) is 0 Å². The van der Waals surface area contributed by atoms with Crippen LogP contribution >= 0.6 is 22.7 Å². The number of aromatic nitrogens is 6. The topological polar surface area (TPSA) is 77.3 Å². The van der Waals surface area contributed by atoms with Crippen LogP contribution in [0.4, 0.5) is 0 Å². The van der Waals surface area contributed by atoms with Gasteiger partial charge in [-0.05, 0) is 6.07 Å². The second kappa shape index (κ2) is 3.72. The quantitative estimate of drug-likeness (QED) is 0.528. The van der Waals surface area contributed by atoms with Gasteiger partial charge in [0.15, 0.2) is 11.3 Å². The lowest BCUT2D eigenvalue weighted by Gasteiger charge is -1.98. The molecule has 0 bridgehead atoms. The third-order valence-electron chi connectivity index (χ3n) is 2.47. The van der Waals surface area contributed by atoms with Gasteiger partial charge in [-0.25, -0.2) is 19.9 Å². The van der Waals surface area contributed by atoms with E-state index in [9.17, 15) is 0 Å². The fraction of sp³-hybridized carbons (Fsp3) is 0. The van der Waals surface area contributed by atoms with E-state index in [2.05, 4.69) is 30.1 Å². The Bertz CT molecular complexity index is 851. The Balaban J connectivity index is 2.03. The lowest BCUT2D eigenvalue weighted by Crippen LogP contribution is -1.92. The zero-order valence-electron chi connectivity index (χ0n) is 8.81. The van der Waals surface area contributed by atoms with E-state index in [0.717, 1.165) is 20.8 Å². The Morgan fingerprint density at radius 3 is 2.72 bits per heavy atom. The van der Waals surface area contributed by atoms with E-state index < -0.39 is 0 Å². The van der Waals surface area contributed by atoms with E-state index in [0.29, 0.717) is 11.3 Å². The first-order valence-electron chi connectivity index (χ1n) is 5.03. The van der Waals surface area contributed by atoms with Gasteiger partial charge in [0.05, 0.1) is 15.7 Å². The first-order chi connectivity index (χ1) is 8.92. The molecule has 0 saturated carbocycles. The first-order valence-corrected chi connectivity index (χ1v) is 6.79. The van der Waals surface area contributed by atoms with Crippen molar-refractivity contribution < 1.29 is 0 Å². The molecule has 0 radical (unpaired) electrons. The Labute approximate surface area is 108 Å². The normalized spacial score (nSPS) is 11.3. The van der Waals surface area contributed by atoms with E-state index in [1.807, 2.05) is 6.07 Å². The van der Waals surface area contributed by atoms with E-state index >= 15 is 0 Å². The van der Waals surface area contributed by atoms with Crippen molar-refractivity contribution in [3.05, 3.63) is 23.4 Å². The van der Waals surface area contributed by atoms with Crippen molar-refractivity contribution in [2.24, 2.45) is 0 Å². The monoisotopic (exact) mass is 272 g/mol. The molecule has 0 fully saturated rings. The Morgan fingerprint density at radius 2 is 1.72 bits per heavy atom. The predicted molar refractivity (Wildman–Crippen MR) is 69.4 cm³/mol. The predicted octanol–water partition coefficient (Wildman–Crippen LogP) is 2.15. The SMILES string of the molecule is c1nc(-c2cc3scnc3nn2)c2scnc2n1. The zero-order valence-corrected chi connectivity index (χ0v) is 10.4. The van der Waals surface area contributed by atoms with Crippen molar-refractivity contribution in [2.45, 2.75) is 0 Å². The minimum absolute atomic E-state index is 0.665. The largest absolute Gasteiger partial charge is 0.233 e. The highest BCUT2D eigenvalue weighted by atomic mass is 32.1. The molecule has 0 saturated heterocycles. The van der Waals surface area contributed by atoms with Crippen LogP contribution in [0.15, 0.2) is 23.4 Å². The fourth-order valence-electron chi connectivity index (χ4n) is 1.67. The van der Waals surface area contributed by atoms with Crippen LogP contribution < -0.4 is 0 Å². The van der Waals surface area contributed by atoms with E-state index in [1.54, 1.807) is 11.0 Å². The summed E-state index contributed by atoms with van der Waals surface area (Å²) in [6, 6.07) is 1.95. The molecule has 0 spiro atoms.